The first-order valence-electron chi connectivity index (χ1n) is 6.95. The fraction of sp³-hybridized carbons (Fsp3) is 0.600. The molecule has 1 aliphatic rings. The van der Waals surface area contributed by atoms with Crippen LogP contribution in [-0.2, 0) is 11.3 Å². The summed E-state index contributed by atoms with van der Waals surface area (Å²) in [6.45, 7) is 5.13. The number of methoxy groups -OCH3 is 1. The Kier molecular flexibility index (Phi) is 5.48. The van der Waals surface area contributed by atoms with Crippen LogP contribution < -0.4 is 14.8 Å². The zero-order chi connectivity index (χ0) is 13.5. The van der Waals surface area contributed by atoms with Crippen LogP contribution in [0.2, 0.25) is 0 Å². The first-order valence-corrected chi connectivity index (χ1v) is 6.95. The van der Waals surface area contributed by atoms with Crippen molar-refractivity contribution in [2.75, 3.05) is 26.9 Å². The smallest absolute Gasteiger partial charge is 0.165 e. The largest absolute Gasteiger partial charge is 0.493 e. The predicted octanol–water partition coefficient (Wildman–Crippen LogP) is 2.36. The number of para-hydroxylation sites is 1. The first kappa shape index (κ1) is 14.2. The highest BCUT2D eigenvalue weighted by atomic mass is 16.5. The SMILES string of the molecule is CCOc1cccc(CNC2CCOCC2)c1OC. The van der Waals surface area contributed by atoms with Gasteiger partial charge in [0.05, 0.1) is 13.7 Å². The second-order valence-corrected chi connectivity index (χ2v) is 4.65. The van der Waals surface area contributed by atoms with E-state index in [-0.39, 0.29) is 0 Å². The Morgan fingerprint density at radius 1 is 1.32 bits per heavy atom. The lowest BCUT2D eigenvalue weighted by Crippen LogP contribution is -2.34. The zero-order valence-electron chi connectivity index (χ0n) is 11.8. The molecule has 106 valence electrons. The summed E-state index contributed by atoms with van der Waals surface area (Å²) in [6.07, 6.45) is 2.15. The summed E-state index contributed by atoms with van der Waals surface area (Å²) in [7, 11) is 1.69. The van der Waals surface area contributed by atoms with Crippen molar-refractivity contribution in [1.82, 2.24) is 5.32 Å². The van der Waals surface area contributed by atoms with Gasteiger partial charge < -0.3 is 19.5 Å². The zero-order valence-corrected chi connectivity index (χ0v) is 11.8. The third-order valence-electron chi connectivity index (χ3n) is 3.37. The number of hydrogen-bond donors (Lipinski definition) is 1. The maximum absolute atomic E-state index is 5.59. The van der Waals surface area contributed by atoms with E-state index >= 15 is 0 Å². The average molecular weight is 265 g/mol. The van der Waals surface area contributed by atoms with Gasteiger partial charge in [-0.2, -0.15) is 0 Å². The van der Waals surface area contributed by atoms with Crippen LogP contribution >= 0.6 is 0 Å². The predicted molar refractivity (Wildman–Crippen MR) is 74.8 cm³/mol. The van der Waals surface area contributed by atoms with Gasteiger partial charge in [0.2, 0.25) is 0 Å². The first-order chi connectivity index (χ1) is 9.35. The molecule has 2 rings (SSSR count). The Bertz CT molecular complexity index is 389. The number of ether oxygens (including phenoxy) is 3. The second kappa shape index (κ2) is 7.36. The van der Waals surface area contributed by atoms with Crippen LogP contribution in [0.3, 0.4) is 0 Å². The van der Waals surface area contributed by atoms with Gasteiger partial charge in [-0.1, -0.05) is 12.1 Å². The Morgan fingerprint density at radius 2 is 2.11 bits per heavy atom. The molecule has 19 heavy (non-hydrogen) atoms. The van der Waals surface area contributed by atoms with Gasteiger partial charge in [0.25, 0.3) is 0 Å². The minimum Gasteiger partial charge on any atom is -0.493 e. The molecule has 0 atom stereocenters. The van der Waals surface area contributed by atoms with E-state index < -0.39 is 0 Å². The third kappa shape index (κ3) is 3.85. The molecule has 1 aromatic rings. The molecule has 1 aliphatic heterocycles. The fourth-order valence-electron chi connectivity index (χ4n) is 2.36. The molecule has 4 heteroatoms. The van der Waals surface area contributed by atoms with Crippen LogP contribution in [-0.4, -0.2) is 33.0 Å². The summed E-state index contributed by atoms with van der Waals surface area (Å²) in [5.74, 6) is 1.65. The van der Waals surface area contributed by atoms with Crippen molar-refractivity contribution in [2.24, 2.45) is 0 Å². The van der Waals surface area contributed by atoms with E-state index in [4.69, 9.17) is 14.2 Å². The summed E-state index contributed by atoms with van der Waals surface area (Å²) in [6, 6.07) is 6.57. The summed E-state index contributed by atoms with van der Waals surface area (Å²) >= 11 is 0. The molecule has 1 saturated heterocycles. The lowest BCUT2D eigenvalue weighted by Gasteiger charge is -2.24. The minimum absolute atomic E-state index is 0.536. The van der Waals surface area contributed by atoms with Crippen molar-refractivity contribution in [3.8, 4) is 11.5 Å². The van der Waals surface area contributed by atoms with E-state index in [1.165, 1.54) is 0 Å². The summed E-state index contributed by atoms with van der Waals surface area (Å²) in [4.78, 5) is 0. The quantitative estimate of drug-likeness (QED) is 0.857. The highest BCUT2D eigenvalue weighted by Gasteiger charge is 2.15. The van der Waals surface area contributed by atoms with E-state index in [0.29, 0.717) is 12.6 Å². The topological polar surface area (TPSA) is 39.7 Å². The number of nitrogens with one attached hydrogen (secondary N) is 1. The minimum atomic E-state index is 0.536. The Balaban J connectivity index is 2.00. The number of benzene rings is 1. The van der Waals surface area contributed by atoms with Crippen molar-refractivity contribution >= 4 is 0 Å². The number of rotatable bonds is 6. The van der Waals surface area contributed by atoms with E-state index in [1.807, 2.05) is 19.1 Å². The lowest BCUT2D eigenvalue weighted by molar-refractivity contribution is 0.0775. The summed E-state index contributed by atoms with van der Waals surface area (Å²) in [5.41, 5.74) is 1.14. The van der Waals surface area contributed by atoms with Gasteiger partial charge in [0, 0.05) is 31.4 Å². The van der Waals surface area contributed by atoms with Crippen molar-refractivity contribution in [1.29, 1.82) is 0 Å². The van der Waals surface area contributed by atoms with E-state index in [9.17, 15) is 0 Å². The van der Waals surface area contributed by atoms with Gasteiger partial charge in [0.1, 0.15) is 0 Å². The molecular formula is C15H23NO3. The van der Waals surface area contributed by atoms with Gasteiger partial charge in [-0.05, 0) is 25.8 Å². The lowest BCUT2D eigenvalue weighted by atomic mass is 10.1. The van der Waals surface area contributed by atoms with Gasteiger partial charge in [-0.3, -0.25) is 0 Å². The van der Waals surface area contributed by atoms with E-state index in [2.05, 4.69) is 11.4 Å². The molecule has 1 aromatic carbocycles. The van der Waals surface area contributed by atoms with Crippen molar-refractivity contribution in [3.05, 3.63) is 23.8 Å². The van der Waals surface area contributed by atoms with Crippen LogP contribution in [0.5, 0.6) is 11.5 Å². The molecule has 0 aromatic heterocycles. The van der Waals surface area contributed by atoms with Crippen LogP contribution in [0.4, 0.5) is 0 Å². The number of hydrogen-bond acceptors (Lipinski definition) is 4. The van der Waals surface area contributed by atoms with Crippen LogP contribution in [0.1, 0.15) is 25.3 Å². The van der Waals surface area contributed by atoms with Gasteiger partial charge in [0.15, 0.2) is 11.5 Å². The second-order valence-electron chi connectivity index (χ2n) is 4.65. The van der Waals surface area contributed by atoms with Gasteiger partial charge >= 0.3 is 0 Å². The maximum atomic E-state index is 5.59. The monoisotopic (exact) mass is 265 g/mol. The van der Waals surface area contributed by atoms with E-state index in [0.717, 1.165) is 49.7 Å². The van der Waals surface area contributed by atoms with Gasteiger partial charge in [-0.15, -0.1) is 0 Å². The Hall–Kier alpha value is -1.26. The third-order valence-corrected chi connectivity index (χ3v) is 3.37. The highest BCUT2D eigenvalue weighted by molar-refractivity contribution is 5.46. The molecule has 0 bridgehead atoms. The van der Waals surface area contributed by atoms with Crippen LogP contribution in [0, 0.1) is 0 Å². The summed E-state index contributed by atoms with van der Waals surface area (Å²) in [5, 5.41) is 3.57. The molecule has 0 spiro atoms. The van der Waals surface area contributed by atoms with E-state index in [1.54, 1.807) is 7.11 Å². The van der Waals surface area contributed by atoms with Crippen molar-refractivity contribution in [3.63, 3.8) is 0 Å². The molecule has 4 nitrogen and oxygen atoms in total. The molecule has 0 amide bonds. The molecule has 1 N–H and O–H groups in total. The molecule has 0 saturated carbocycles. The normalized spacial score (nSPS) is 16.3. The molecule has 0 radical (unpaired) electrons. The maximum Gasteiger partial charge on any atom is 0.165 e. The standard InChI is InChI=1S/C15H23NO3/c1-3-19-14-6-4-5-12(15(14)17-2)11-16-13-7-9-18-10-8-13/h4-6,13,16H,3,7-11H2,1-2H3. The fourth-order valence-corrected chi connectivity index (χ4v) is 2.36. The van der Waals surface area contributed by atoms with Crippen LogP contribution in [0.15, 0.2) is 18.2 Å². The molecular weight excluding hydrogens is 242 g/mol. The Labute approximate surface area is 115 Å². The van der Waals surface area contributed by atoms with Crippen molar-refractivity contribution in [2.45, 2.75) is 32.4 Å². The summed E-state index contributed by atoms with van der Waals surface area (Å²) < 4.78 is 16.4. The average Bonchev–Trinajstić information content (AvgIpc) is 2.46. The molecule has 0 unspecified atom stereocenters. The van der Waals surface area contributed by atoms with Gasteiger partial charge in [-0.25, -0.2) is 0 Å². The Morgan fingerprint density at radius 3 is 2.79 bits per heavy atom. The highest BCUT2D eigenvalue weighted by Crippen LogP contribution is 2.31. The van der Waals surface area contributed by atoms with Crippen LogP contribution in [0.25, 0.3) is 0 Å². The molecule has 1 fully saturated rings. The molecule has 1 heterocycles. The molecule has 0 aliphatic carbocycles. The van der Waals surface area contributed by atoms with Crippen molar-refractivity contribution < 1.29 is 14.2 Å².